The molecule has 0 aliphatic heterocycles. The molecule has 4 aromatic rings. The van der Waals surface area contributed by atoms with Crippen molar-refractivity contribution in [2.75, 3.05) is 0 Å². The molecule has 2 heterocycles. The van der Waals surface area contributed by atoms with Gasteiger partial charge in [-0.2, -0.15) is 0 Å². The van der Waals surface area contributed by atoms with E-state index in [2.05, 4.69) is 31.5 Å². The first-order valence-corrected chi connectivity index (χ1v) is 19.2. The predicted molar refractivity (Wildman–Crippen MR) is 175 cm³/mol. The molecule has 0 fully saturated rings. The number of Topliss-reactive ketones (excluding diaryl/α,β-unsaturated/α-hetero) is 1. The van der Waals surface area contributed by atoms with Gasteiger partial charge < -0.3 is 9.47 Å². The van der Waals surface area contributed by atoms with Crippen molar-refractivity contribution in [2.24, 2.45) is 5.41 Å². The van der Waals surface area contributed by atoms with Gasteiger partial charge in [0, 0.05) is 20.7 Å². The lowest BCUT2D eigenvalue weighted by molar-refractivity contribution is -0.147. The van der Waals surface area contributed by atoms with E-state index in [1.807, 2.05) is 43.5 Å². The third-order valence-corrected chi connectivity index (χ3v) is 10.0. The molecule has 45 heavy (non-hydrogen) atoms. The molecule has 2 aromatic carbocycles. The largest absolute Gasteiger partial charge is 0.485 e. The zero-order valence-corrected chi connectivity index (χ0v) is 28.2. The maximum Gasteiger partial charge on any atom is 0.306 e. The van der Waals surface area contributed by atoms with Gasteiger partial charge in [0.1, 0.15) is 30.5 Å². The zero-order chi connectivity index (χ0) is 32.8. The molecule has 240 valence electrons. The van der Waals surface area contributed by atoms with E-state index in [1.165, 1.54) is 18.2 Å². The second kappa shape index (κ2) is 14.5. The molecule has 0 aliphatic rings. The van der Waals surface area contributed by atoms with Gasteiger partial charge in [-0.15, -0.1) is 0 Å². The van der Waals surface area contributed by atoms with Gasteiger partial charge in [0.2, 0.25) is 0 Å². The lowest BCUT2D eigenvalue weighted by Gasteiger charge is -2.30. The van der Waals surface area contributed by atoms with E-state index in [0.29, 0.717) is 29.2 Å². The fourth-order valence-electron chi connectivity index (χ4n) is 5.64. The fraction of sp³-hybridized carbons (Fsp3) is 0.417. The Bertz CT molecular complexity index is 1630. The number of carbonyl (C=O) groups excluding carboxylic acids is 2. The highest BCUT2D eigenvalue weighted by atomic mass is 28.3. The van der Waals surface area contributed by atoms with Crippen molar-refractivity contribution in [2.45, 2.75) is 91.8 Å². The van der Waals surface area contributed by atoms with E-state index in [9.17, 15) is 18.4 Å². The van der Waals surface area contributed by atoms with Crippen molar-refractivity contribution < 1.29 is 27.8 Å². The Kier molecular flexibility index (Phi) is 11.0. The van der Waals surface area contributed by atoms with Crippen LogP contribution >= 0.6 is 0 Å². The molecule has 1 atom stereocenters. The average molecular weight is 635 g/mol. The number of ketones is 1. The topological polar surface area (TPSA) is 69.9 Å². The molecule has 0 amide bonds. The molecular weight excluding hydrogens is 590 g/mol. The van der Waals surface area contributed by atoms with E-state index in [4.69, 9.17) is 9.47 Å². The first kappa shape index (κ1) is 34.0. The number of benzene rings is 2. The number of rotatable bonds is 15. The molecule has 0 saturated carbocycles. The summed E-state index contributed by atoms with van der Waals surface area (Å²) in [7, 11) is -1.28. The lowest BCUT2D eigenvalue weighted by Crippen LogP contribution is -2.26. The summed E-state index contributed by atoms with van der Waals surface area (Å²) >= 11 is 0. The minimum atomic E-state index is -1.28. The second-order valence-corrected chi connectivity index (χ2v) is 19.2. The van der Waals surface area contributed by atoms with E-state index >= 15 is 0 Å². The van der Waals surface area contributed by atoms with Gasteiger partial charge in [-0.25, -0.2) is 13.8 Å². The highest BCUT2D eigenvalue weighted by Gasteiger charge is 2.31. The Morgan fingerprint density at radius 1 is 0.956 bits per heavy atom. The number of pyridine rings is 1. The van der Waals surface area contributed by atoms with E-state index < -0.39 is 25.1 Å². The minimum Gasteiger partial charge on any atom is -0.485 e. The van der Waals surface area contributed by atoms with Crippen LogP contribution in [-0.2, 0) is 22.7 Å². The quantitative estimate of drug-likeness (QED) is 0.0742. The highest BCUT2D eigenvalue weighted by Crippen LogP contribution is 2.36. The number of ether oxygens (including phenoxy) is 2. The molecule has 1 unspecified atom stereocenters. The van der Waals surface area contributed by atoms with Gasteiger partial charge in [-0.3, -0.25) is 14.0 Å². The van der Waals surface area contributed by atoms with Crippen LogP contribution in [0.25, 0.3) is 5.65 Å². The number of halogens is 2. The van der Waals surface area contributed by atoms with E-state index in [-0.39, 0.29) is 43.4 Å². The smallest absolute Gasteiger partial charge is 0.306 e. The van der Waals surface area contributed by atoms with Crippen molar-refractivity contribution in [1.29, 1.82) is 0 Å². The first-order chi connectivity index (χ1) is 21.2. The van der Waals surface area contributed by atoms with Crippen LogP contribution in [-0.4, -0.2) is 29.2 Å². The van der Waals surface area contributed by atoms with Crippen LogP contribution < -0.4 is 4.74 Å². The Morgan fingerprint density at radius 2 is 1.64 bits per heavy atom. The molecule has 0 N–H and O–H groups in total. The normalized spacial score (nSPS) is 13.1. The number of esters is 1. The molecule has 2 aromatic heterocycles. The third kappa shape index (κ3) is 9.33. The van der Waals surface area contributed by atoms with Crippen molar-refractivity contribution in [3.63, 3.8) is 0 Å². The summed E-state index contributed by atoms with van der Waals surface area (Å²) in [6, 6.07) is 16.2. The Morgan fingerprint density at radius 3 is 2.31 bits per heavy atom. The molecule has 0 radical (unpaired) electrons. The number of fused-ring (bicyclic) bond motifs is 1. The first-order valence-electron chi connectivity index (χ1n) is 15.5. The number of nitrogens with zero attached hydrogens (tertiary/aromatic N) is 2. The SMILES string of the molecule is Cc1cc(OCc2c(F)cccc2F)c2nc(C)c(C(=O)CCC(C)(CCC[Si](C)(C)C)CC(=O)OCc3ccccc3)n2c1. The van der Waals surface area contributed by atoms with Gasteiger partial charge in [0.05, 0.1) is 17.7 Å². The number of aryl methyl sites for hydroxylation is 2. The van der Waals surface area contributed by atoms with Crippen molar-refractivity contribution >= 4 is 25.5 Å². The molecule has 0 aliphatic carbocycles. The van der Waals surface area contributed by atoms with Crippen LogP contribution in [0.15, 0.2) is 60.8 Å². The molecule has 0 spiro atoms. The monoisotopic (exact) mass is 634 g/mol. The molecule has 0 saturated heterocycles. The average Bonchev–Trinajstić information content (AvgIpc) is 3.30. The third-order valence-electron chi connectivity index (χ3n) is 8.17. The highest BCUT2D eigenvalue weighted by molar-refractivity contribution is 6.76. The lowest BCUT2D eigenvalue weighted by atomic mass is 9.77. The summed E-state index contributed by atoms with van der Waals surface area (Å²) in [5, 5.41) is 0. The maximum atomic E-state index is 14.2. The Labute approximate surface area is 265 Å². The Hall–Kier alpha value is -3.85. The molecule has 0 bridgehead atoms. The molecule has 4 rings (SSSR count). The van der Waals surface area contributed by atoms with E-state index in [0.717, 1.165) is 30.0 Å². The van der Waals surface area contributed by atoms with Crippen molar-refractivity contribution in [3.8, 4) is 5.75 Å². The summed E-state index contributed by atoms with van der Waals surface area (Å²) < 4.78 is 41.6. The summed E-state index contributed by atoms with van der Waals surface area (Å²) in [5.41, 5.74) is 2.53. The van der Waals surface area contributed by atoms with Crippen LogP contribution in [0.5, 0.6) is 5.75 Å². The number of imidazole rings is 1. The number of hydrogen-bond acceptors (Lipinski definition) is 5. The van der Waals surface area contributed by atoms with Crippen molar-refractivity contribution in [1.82, 2.24) is 9.38 Å². The Balaban J connectivity index is 1.51. The standard InChI is InChI=1S/C36H44F2N2O4Si/c1-25-20-32(43-24-28-29(37)14-10-15-30(28)38)35-39-26(2)34(40(35)22-25)31(41)16-18-36(3,17-11-19-45(4,5)6)21-33(42)44-23-27-12-8-7-9-13-27/h7-10,12-15,20,22H,11,16-19,21,23-24H2,1-6H3. The molecule has 9 heteroatoms. The maximum absolute atomic E-state index is 14.2. The number of aromatic nitrogens is 2. The van der Waals surface area contributed by atoms with Gasteiger partial charge in [0.25, 0.3) is 0 Å². The summed E-state index contributed by atoms with van der Waals surface area (Å²) in [5.74, 6) is -1.41. The fourth-order valence-corrected chi connectivity index (χ4v) is 6.88. The van der Waals surface area contributed by atoms with Crippen LogP contribution in [0.3, 0.4) is 0 Å². The molecule has 6 nitrogen and oxygen atoms in total. The number of carbonyl (C=O) groups is 2. The van der Waals surface area contributed by atoms with Gasteiger partial charge in [0.15, 0.2) is 17.2 Å². The second-order valence-electron chi connectivity index (χ2n) is 13.6. The number of hydrogen-bond donors (Lipinski definition) is 0. The van der Waals surface area contributed by atoms with Crippen LogP contribution in [0.2, 0.25) is 25.7 Å². The van der Waals surface area contributed by atoms with Crippen molar-refractivity contribution in [3.05, 3.63) is 101 Å². The summed E-state index contributed by atoms with van der Waals surface area (Å²) in [6.45, 7) is 12.6. The predicted octanol–water partition coefficient (Wildman–Crippen LogP) is 9.03. The van der Waals surface area contributed by atoms with Crippen LogP contribution in [0, 0.1) is 30.9 Å². The molecular formula is C36H44F2N2O4Si. The van der Waals surface area contributed by atoms with Gasteiger partial charge in [-0.1, -0.05) is 75.4 Å². The summed E-state index contributed by atoms with van der Waals surface area (Å²) in [4.78, 5) is 31.4. The zero-order valence-electron chi connectivity index (χ0n) is 27.2. The van der Waals surface area contributed by atoms with Gasteiger partial charge >= 0.3 is 5.97 Å². The minimum absolute atomic E-state index is 0.0919. The summed E-state index contributed by atoms with van der Waals surface area (Å²) in [6.07, 6.45) is 4.60. The van der Waals surface area contributed by atoms with E-state index in [1.54, 1.807) is 17.4 Å². The van der Waals surface area contributed by atoms with Crippen LogP contribution in [0.4, 0.5) is 8.78 Å². The van der Waals surface area contributed by atoms with Gasteiger partial charge in [-0.05, 0) is 61.4 Å². The van der Waals surface area contributed by atoms with Crippen LogP contribution in [0.1, 0.15) is 71.9 Å².